The average Bonchev–Trinajstić information content (AvgIpc) is 2.08. The van der Waals surface area contributed by atoms with Gasteiger partial charge in [0.2, 0.25) is 0 Å². The van der Waals surface area contributed by atoms with Crippen LogP contribution in [-0.4, -0.2) is 27.6 Å². The molecule has 0 saturated carbocycles. The van der Waals surface area contributed by atoms with Crippen molar-refractivity contribution in [3.63, 3.8) is 0 Å². The van der Waals surface area contributed by atoms with Crippen LogP contribution in [0.5, 0.6) is 0 Å². The first-order valence-electron chi connectivity index (χ1n) is 4.39. The SMILES string of the molecule is CCC(C=O)CCOP(=O)(O)OP(=O)(O)O. The Morgan fingerprint density at radius 3 is 2.25 bits per heavy atom. The van der Waals surface area contributed by atoms with E-state index in [0.717, 1.165) is 0 Å². The predicted octanol–water partition coefficient (Wildman–Crippen LogP) is 0.828. The first kappa shape index (κ1) is 15.9. The first-order chi connectivity index (χ1) is 7.20. The maximum atomic E-state index is 10.9. The van der Waals surface area contributed by atoms with Crippen molar-refractivity contribution in [3.8, 4) is 0 Å². The van der Waals surface area contributed by atoms with E-state index >= 15 is 0 Å². The summed E-state index contributed by atoms with van der Waals surface area (Å²) in [6.45, 7) is 1.45. The fraction of sp³-hybridized carbons (Fsp3) is 0.833. The van der Waals surface area contributed by atoms with Crippen LogP contribution in [0.25, 0.3) is 0 Å². The minimum atomic E-state index is -5.07. The number of carbonyl (C=O) groups is 1. The molecule has 0 aromatic carbocycles. The lowest BCUT2D eigenvalue weighted by molar-refractivity contribution is -0.111. The van der Waals surface area contributed by atoms with Crippen molar-refractivity contribution in [2.75, 3.05) is 6.61 Å². The highest BCUT2D eigenvalue weighted by Crippen LogP contribution is 2.57. The minimum Gasteiger partial charge on any atom is -0.303 e. The van der Waals surface area contributed by atoms with E-state index in [9.17, 15) is 13.9 Å². The van der Waals surface area contributed by atoms with E-state index in [4.69, 9.17) is 14.7 Å². The van der Waals surface area contributed by atoms with Crippen molar-refractivity contribution in [1.82, 2.24) is 0 Å². The molecule has 3 N–H and O–H groups in total. The predicted molar refractivity (Wildman–Crippen MR) is 53.4 cm³/mol. The zero-order valence-electron chi connectivity index (χ0n) is 8.55. The van der Waals surface area contributed by atoms with Crippen LogP contribution in [0, 0.1) is 5.92 Å². The number of hydrogen-bond acceptors (Lipinski definition) is 5. The Hall–Kier alpha value is -0.0700. The van der Waals surface area contributed by atoms with Gasteiger partial charge in [-0.15, -0.1) is 0 Å². The Balaban J connectivity index is 4.05. The fourth-order valence-electron chi connectivity index (χ4n) is 0.846. The second-order valence-corrected chi connectivity index (χ2v) is 5.80. The second-order valence-electron chi connectivity index (χ2n) is 2.97. The molecule has 96 valence electrons. The summed E-state index contributed by atoms with van der Waals surface area (Å²) >= 11 is 0. The van der Waals surface area contributed by atoms with Crippen LogP contribution < -0.4 is 0 Å². The highest BCUT2D eigenvalue weighted by atomic mass is 31.3. The fourth-order valence-corrected chi connectivity index (χ4v) is 2.45. The molecule has 0 heterocycles. The quantitative estimate of drug-likeness (QED) is 0.439. The van der Waals surface area contributed by atoms with E-state index in [1.165, 1.54) is 0 Å². The van der Waals surface area contributed by atoms with Crippen LogP contribution >= 0.6 is 15.6 Å². The zero-order valence-corrected chi connectivity index (χ0v) is 10.3. The summed E-state index contributed by atoms with van der Waals surface area (Å²) < 4.78 is 29.0. The Bertz CT molecular complexity index is 310. The third-order valence-electron chi connectivity index (χ3n) is 1.67. The van der Waals surface area contributed by atoms with E-state index < -0.39 is 15.6 Å². The Labute approximate surface area is 92.4 Å². The Morgan fingerprint density at radius 2 is 1.88 bits per heavy atom. The third-order valence-corrected chi connectivity index (χ3v) is 3.85. The number of aldehydes is 1. The molecule has 0 aliphatic heterocycles. The van der Waals surface area contributed by atoms with Crippen molar-refractivity contribution in [3.05, 3.63) is 0 Å². The molecule has 0 radical (unpaired) electrons. The van der Waals surface area contributed by atoms with Crippen molar-refractivity contribution in [2.24, 2.45) is 5.92 Å². The molecule has 0 aromatic rings. The molecule has 2 atom stereocenters. The minimum absolute atomic E-state index is 0.176. The molecule has 2 unspecified atom stereocenters. The molecule has 0 bridgehead atoms. The molecular weight excluding hydrogens is 262 g/mol. The van der Waals surface area contributed by atoms with Gasteiger partial charge >= 0.3 is 15.6 Å². The van der Waals surface area contributed by atoms with E-state index in [1.807, 2.05) is 0 Å². The van der Waals surface area contributed by atoms with Gasteiger partial charge in [-0.25, -0.2) is 9.13 Å². The maximum absolute atomic E-state index is 10.9. The second kappa shape index (κ2) is 6.61. The smallest absolute Gasteiger partial charge is 0.303 e. The summed E-state index contributed by atoms with van der Waals surface area (Å²) in [5.74, 6) is -0.324. The summed E-state index contributed by atoms with van der Waals surface area (Å²) in [4.78, 5) is 35.8. The Morgan fingerprint density at radius 1 is 1.31 bits per heavy atom. The monoisotopic (exact) mass is 276 g/mol. The van der Waals surface area contributed by atoms with E-state index in [1.54, 1.807) is 6.92 Å². The lowest BCUT2D eigenvalue weighted by atomic mass is 10.1. The molecule has 16 heavy (non-hydrogen) atoms. The van der Waals surface area contributed by atoms with E-state index in [0.29, 0.717) is 12.7 Å². The molecule has 0 rings (SSSR count). The van der Waals surface area contributed by atoms with Crippen LogP contribution in [0.1, 0.15) is 19.8 Å². The number of phosphoric acid groups is 2. The number of phosphoric ester groups is 1. The van der Waals surface area contributed by atoms with Gasteiger partial charge in [0, 0.05) is 5.92 Å². The molecule has 10 heteroatoms. The van der Waals surface area contributed by atoms with Crippen molar-refractivity contribution < 1.29 is 37.4 Å². The van der Waals surface area contributed by atoms with Crippen LogP contribution in [0.3, 0.4) is 0 Å². The van der Waals surface area contributed by atoms with Gasteiger partial charge in [-0.1, -0.05) is 6.92 Å². The summed E-state index contributed by atoms with van der Waals surface area (Å²) in [6, 6.07) is 0. The summed E-state index contributed by atoms with van der Waals surface area (Å²) in [6.07, 6.45) is 1.40. The summed E-state index contributed by atoms with van der Waals surface area (Å²) in [7, 11) is -9.84. The number of carbonyl (C=O) groups excluding carboxylic acids is 1. The Kier molecular flexibility index (Phi) is 6.58. The van der Waals surface area contributed by atoms with Crippen LogP contribution in [-0.2, 0) is 22.8 Å². The van der Waals surface area contributed by atoms with Crippen LogP contribution in [0.4, 0.5) is 0 Å². The van der Waals surface area contributed by atoms with E-state index in [2.05, 4.69) is 8.83 Å². The molecule has 0 aliphatic carbocycles. The molecule has 0 saturated heterocycles. The van der Waals surface area contributed by atoms with Crippen LogP contribution in [0.15, 0.2) is 0 Å². The first-order valence-corrected chi connectivity index (χ1v) is 7.42. The number of rotatable bonds is 8. The molecule has 0 aliphatic rings. The van der Waals surface area contributed by atoms with Crippen molar-refractivity contribution in [2.45, 2.75) is 19.8 Å². The van der Waals surface area contributed by atoms with E-state index in [-0.39, 0.29) is 18.9 Å². The lowest BCUT2D eigenvalue weighted by Gasteiger charge is -2.13. The van der Waals surface area contributed by atoms with Gasteiger partial charge < -0.3 is 19.5 Å². The largest absolute Gasteiger partial charge is 0.481 e. The highest BCUT2D eigenvalue weighted by molar-refractivity contribution is 7.60. The highest BCUT2D eigenvalue weighted by Gasteiger charge is 2.32. The summed E-state index contributed by atoms with van der Waals surface area (Å²) in [5.41, 5.74) is 0. The van der Waals surface area contributed by atoms with Gasteiger partial charge in [0.25, 0.3) is 0 Å². The zero-order chi connectivity index (χ0) is 12.8. The standard InChI is InChI=1S/C6H14O8P2/c1-2-6(5-7)3-4-13-16(11,12)14-15(8,9)10/h5-6H,2-4H2,1H3,(H,11,12)(H2,8,9,10). The summed E-state index contributed by atoms with van der Waals surface area (Å²) in [5, 5.41) is 0. The molecule has 0 aromatic heterocycles. The molecular formula is C6H14O8P2. The normalized spacial score (nSPS) is 17.8. The average molecular weight is 276 g/mol. The van der Waals surface area contributed by atoms with Crippen LogP contribution in [0.2, 0.25) is 0 Å². The van der Waals surface area contributed by atoms with Gasteiger partial charge in [0.1, 0.15) is 6.29 Å². The van der Waals surface area contributed by atoms with Gasteiger partial charge in [-0.2, -0.15) is 4.31 Å². The van der Waals surface area contributed by atoms with Gasteiger partial charge in [-0.05, 0) is 12.8 Å². The van der Waals surface area contributed by atoms with Gasteiger partial charge in [0.15, 0.2) is 0 Å². The van der Waals surface area contributed by atoms with Gasteiger partial charge in [-0.3, -0.25) is 4.52 Å². The topological polar surface area (TPSA) is 130 Å². The molecule has 8 nitrogen and oxygen atoms in total. The third kappa shape index (κ3) is 8.13. The molecule has 0 fully saturated rings. The van der Waals surface area contributed by atoms with Crippen molar-refractivity contribution in [1.29, 1.82) is 0 Å². The van der Waals surface area contributed by atoms with Gasteiger partial charge in [0.05, 0.1) is 6.61 Å². The van der Waals surface area contributed by atoms with Crippen molar-refractivity contribution >= 4 is 21.9 Å². The maximum Gasteiger partial charge on any atom is 0.481 e. The number of hydrogen-bond donors (Lipinski definition) is 3. The molecule has 0 amide bonds. The lowest BCUT2D eigenvalue weighted by Crippen LogP contribution is -2.05. The molecule has 0 spiro atoms.